The molecule has 9 nitrogen and oxygen atoms in total. The maximum absolute atomic E-state index is 12.2. The Morgan fingerprint density at radius 2 is 1.96 bits per heavy atom. The van der Waals surface area contributed by atoms with Gasteiger partial charge in [-0.3, -0.25) is 14.9 Å². The van der Waals surface area contributed by atoms with Crippen molar-refractivity contribution in [2.24, 2.45) is 0 Å². The number of nitrogens with zero attached hydrogens (tertiary/aromatic N) is 3. The second kappa shape index (κ2) is 8.12. The predicted octanol–water partition coefficient (Wildman–Crippen LogP) is 2.88. The second-order valence-corrected chi connectivity index (χ2v) is 5.92. The standard InChI is InChI=1S/C19H16N4O5/c1-13-2-5-15(6-3-13)21-18(24)11-28-19(25)14-4-7-16(17(10-14)23(26)27)22-9-8-20-12-22/h2-10,12H,11H2,1H3,(H,21,24). The Hall–Kier alpha value is -4.01. The van der Waals surface area contributed by atoms with Crippen LogP contribution < -0.4 is 5.32 Å². The predicted molar refractivity (Wildman–Crippen MR) is 100 cm³/mol. The van der Waals surface area contributed by atoms with Crippen LogP contribution in [-0.2, 0) is 9.53 Å². The number of rotatable bonds is 6. The molecule has 1 N–H and O–H groups in total. The molecule has 0 atom stereocenters. The van der Waals surface area contributed by atoms with Gasteiger partial charge >= 0.3 is 5.97 Å². The van der Waals surface area contributed by atoms with Gasteiger partial charge in [-0.25, -0.2) is 9.78 Å². The van der Waals surface area contributed by atoms with E-state index in [4.69, 9.17) is 4.74 Å². The van der Waals surface area contributed by atoms with Crippen molar-refractivity contribution < 1.29 is 19.2 Å². The Morgan fingerprint density at radius 1 is 1.21 bits per heavy atom. The normalized spacial score (nSPS) is 10.3. The summed E-state index contributed by atoms with van der Waals surface area (Å²) in [5, 5.41) is 13.9. The summed E-state index contributed by atoms with van der Waals surface area (Å²) < 4.78 is 6.42. The molecule has 3 rings (SSSR count). The van der Waals surface area contributed by atoms with E-state index < -0.39 is 23.4 Å². The van der Waals surface area contributed by atoms with E-state index in [2.05, 4.69) is 10.3 Å². The van der Waals surface area contributed by atoms with Crippen LogP contribution >= 0.6 is 0 Å². The molecule has 0 fully saturated rings. The molecule has 0 bridgehead atoms. The smallest absolute Gasteiger partial charge is 0.338 e. The van der Waals surface area contributed by atoms with Crippen molar-refractivity contribution in [3.05, 3.63) is 82.4 Å². The first-order valence-corrected chi connectivity index (χ1v) is 8.24. The number of carbonyl (C=O) groups is 2. The number of hydrogen-bond donors (Lipinski definition) is 1. The molecule has 1 aromatic heterocycles. The lowest BCUT2D eigenvalue weighted by molar-refractivity contribution is -0.384. The Labute approximate surface area is 159 Å². The number of hydrogen-bond acceptors (Lipinski definition) is 6. The third-order valence-electron chi connectivity index (χ3n) is 3.86. The lowest BCUT2D eigenvalue weighted by Crippen LogP contribution is -2.21. The van der Waals surface area contributed by atoms with Crippen molar-refractivity contribution in [1.29, 1.82) is 0 Å². The lowest BCUT2D eigenvalue weighted by Gasteiger charge is -2.08. The quantitative estimate of drug-likeness (QED) is 0.399. The van der Waals surface area contributed by atoms with Crippen molar-refractivity contribution in [3.63, 3.8) is 0 Å². The largest absolute Gasteiger partial charge is 0.452 e. The average molecular weight is 380 g/mol. The summed E-state index contributed by atoms with van der Waals surface area (Å²) in [7, 11) is 0. The third-order valence-corrected chi connectivity index (χ3v) is 3.86. The van der Waals surface area contributed by atoms with E-state index in [1.165, 1.54) is 29.2 Å². The van der Waals surface area contributed by atoms with Gasteiger partial charge < -0.3 is 14.6 Å². The number of nitro benzene ring substituents is 1. The molecule has 0 aliphatic heterocycles. The van der Waals surface area contributed by atoms with E-state index >= 15 is 0 Å². The van der Waals surface area contributed by atoms with Gasteiger partial charge in [-0.1, -0.05) is 17.7 Å². The van der Waals surface area contributed by atoms with E-state index in [0.29, 0.717) is 5.69 Å². The van der Waals surface area contributed by atoms with E-state index in [1.54, 1.807) is 18.3 Å². The fourth-order valence-corrected chi connectivity index (χ4v) is 2.46. The summed E-state index contributed by atoms with van der Waals surface area (Å²) in [4.78, 5) is 38.7. The summed E-state index contributed by atoms with van der Waals surface area (Å²) in [5.74, 6) is -1.35. The van der Waals surface area contributed by atoms with Gasteiger partial charge in [0.1, 0.15) is 5.69 Å². The molecule has 0 saturated carbocycles. The Kier molecular flexibility index (Phi) is 5.45. The summed E-state index contributed by atoms with van der Waals surface area (Å²) >= 11 is 0. The van der Waals surface area contributed by atoms with Crippen LogP contribution in [0.2, 0.25) is 0 Å². The van der Waals surface area contributed by atoms with Crippen LogP contribution in [-0.4, -0.2) is 33.0 Å². The fourth-order valence-electron chi connectivity index (χ4n) is 2.46. The van der Waals surface area contributed by atoms with E-state index in [-0.39, 0.29) is 16.9 Å². The second-order valence-electron chi connectivity index (χ2n) is 5.92. The summed E-state index contributed by atoms with van der Waals surface area (Å²) in [6, 6.07) is 11.0. The molecule has 0 unspecified atom stereocenters. The number of carbonyl (C=O) groups excluding carboxylic acids is 2. The monoisotopic (exact) mass is 380 g/mol. The van der Waals surface area contributed by atoms with Crippen LogP contribution in [0.3, 0.4) is 0 Å². The van der Waals surface area contributed by atoms with Gasteiger partial charge in [0, 0.05) is 24.1 Å². The maximum Gasteiger partial charge on any atom is 0.338 e. The fraction of sp³-hybridized carbons (Fsp3) is 0.105. The minimum Gasteiger partial charge on any atom is -0.452 e. The highest BCUT2D eigenvalue weighted by atomic mass is 16.6. The first-order chi connectivity index (χ1) is 13.4. The zero-order chi connectivity index (χ0) is 20.1. The van der Waals surface area contributed by atoms with Gasteiger partial charge in [0.25, 0.3) is 11.6 Å². The third kappa shape index (κ3) is 4.39. The van der Waals surface area contributed by atoms with Crippen LogP contribution in [0, 0.1) is 17.0 Å². The minimum atomic E-state index is -0.834. The Bertz CT molecular complexity index is 1010. The van der Waals surface area contributed by atoms with Gasteiger partial charge in [0.2, 0.25) is 0 Å². The number of aryl methyl sites for hydroxylation is 1. The molecule has 2 aromatic carbocycles. The molecule has 0 aliphatic rings. The molecule has 3 aromatic rings. The van der Waals surface area contributed by atoms with Gasteiger partial charge in [-0.05, 0) is 31.2 Å². The number of esters is 1. The molecule has 1 amide bonds. The number of nitrogens with one attached hydrogen (secondary N) is 1. The number of benzene rings is 2. The summed E-state index contributed by atoms with van der Waals surface area (Å²) in [6.07, 6.45) is 4.45. The van der Waals surface area contributed by atoms with E-state index in [1.807, 2.05) is 19.1 Å². The highest BCUT2D eigenvalue weighted by Crippen LogP contribution is 2.24. The first-order valence-electron chi connectivity index (χ1n) is 8.24. The lowest BCUT2D eigenvalue weighted by atomic mass is 10.1. The maximum atomic E-state index is 12.2. The molecule has 0 aliphatic carbocycles. The molecule has 9 heteroatoms. The highest BCUT2D eigenvalue weighted by molar-refractivity contribution is 5.96. The van der Waals surface area contributed by atoms with Crippen molar-refractivity contribution in [2.45, 2.75) is 6.92 Å². The van der Waals surface area contributed by atoms with E-state index in [0.717, 1.165) is 11.6 Å². The molecule has 142 valence electrons. The van der Waals surface area contributed by atoms with Crippen LogP contribution in [0.15, 0.2) is 61.2 Å². The molecule has 0 radical (unpaired) electrons. The van der Waals surface area contributed by atoms with Crippen LogP contribution in [0.25, 0.3) is 5.69 Å². The van der Waals surface area contributed by atoms with Crippen molar-refractivity contribution >= 4 is 23.3 Å². The molecule has 0 spiro atoms. The minimum absolute atomic E-state index is 0.0290. The summed E-state index contributed by atoms with van der Waals surface area (Å²) in [5.41, 5.74) is 1.57. The summed E-state index contributed by atoms with van der Waals surface area (Å²) in [6.45, 7) is 1.41. The number of amides is 1. The number of nitro groups is 1. The van der Waals surface area contributed by atoms with E-state index in [9.17, 15) is 19.7 Å². The van der Waals surface area contributed by atoms with Gasteiger partial charge in [-0.2, -0.15) is 0 Å². The highest BCUT2D eigenvalue weighted by Gasteiger charge is 2.20. The molecule has 28 heavy (non-hydrogen) atoms. The van der Waals surface area contributed by atoms with Crippen LogP contribution in [0.1, 0.15) is 15.9 Å². The Balaban J connectivity index is 1.67. The van der Waals surface area contributed by atoms with Crippen molar-refractivity contribution in [3.8, 4) is 5.69 Å². The zero-order valence-corrected chi connectivity index (χ0v) is 14.9. The number of imidazole rings is 1. The SMILES string of the molecule is Cc1ccc(NC(=O)COC(=O)c2ccc(-n3ccnc3)c([N+](=O)[O-])c2)cc1. The first kappa shape index (κ1) is 18.8. The van der Waals surface area contributed by atoms with Gasteiger partial charge in [-0.15, -0.1) is 0 Å². The van der Waals surface area contributed by atoms with Crippen molar-refractivity contribution in [1.82, 2.24) is 9.55 Å². The zero-order valence-electron chi connectivity index (χ0n) is 14.9. The number of ether oxygens (including phenoxy) is 1. The molecule has 0 saturated heterocycles. The van der Waals surface area contributed by atoms with Gasteiger partial charge in [0.05, 0.1) is 16.8 Å². The van der Waals surface area contributed by atoms with Crippen LogP contribution in [0.5, 0.6) is 0 Å². The molecular formula is C19H16N4O5. The van der Waals surface area contributed by atoms with Crippen LogP contribution in [0.4, 0.5) is 11.4 Å². The topological polar surface area (TPSA) is 116 Å². The number of aromatic nitrogens is 2. The molecular weight excluding hydrogens is 364 g/mol. The molecule has 1 heterocycles. The Morgan fingerprint density at radius 3 is 2.61 bits per heavy atom. The van der Waals surface area contributed by atoms with Gasteiger partial charge in [0.15, 0.2) is 6.61 Å². The van der Waals surface area contributed by atoms with Crippen molar-refractivity contribution in [2.75, 3.05) is 11.9 Å². The average Bonchev–Trinajstić information content (AvgIpc) is 3.22. The number of anilines is 1.